The van der Waals surface area contributed by atoms with Crippen LogP contribution >= 0.6 is 0 Å². The SMILES string of the molecule is Cc1cc(-c2c[c-]c(-c3ccccn3)cc2)c(-c2cc(-c3ccccc3-c3c[c-]c(-c4ccccn4)cc3)cc(-c3ccccc3-c3c[c-]c(-c4ccccn4)cc3-c3ccc(-c4ccccc4)cc3)c2)cc1C.[Ir+3]. The molecule has 0 bridgehead atoms. The molecule has 0 saturated heterocycles. The molecule has 0 unspecified atom stereocenters. The Kier molecular flexibility index (Phi) is 14.0. The largest absolute Gasteiger partial charge is 3.00 e. The van der Waals surface area contributed by atoms with Gasteiger partial charge in [-0.25, -0.2) is 0 Å². The standard InChI is InChI=1S/C71H48N3.Ir/c1-48-42-66(53-31-35-56(36-32-53)70-23-11-14-40-73-70)67(43-49(48)2)60-45-58(62-19-7-6-18-61(62)52-29-33-55(34-30-52)69-22-10-13-39-72-69)44-59(46-60)63-20-8-9-21-64(63)65-38-37-57(71-24-12-15-41-74-71)47-68(65)54-27-25-51(26-28-54)50-16-4-3-5-17-50;/h3-33,35,38-47H,1-2H3;/q-3;+3. The molecular weight excluding hydrogens is 1090 g/mol. The monoisotopic (exact) mass is 1140 g/mol. The first-order valence-electron chi connectivity index (χ1n) is 25.0. The molecule has 12 rings (SSSR count). The van der Waals surface area contributed by atoms with Gasteiger partial charge in [0.2, 0.25) is 0 Å². The van der Waals surface area contributed by atoms with Gasteiger partial charge in [-0.15, -0.1) is 83.4 Å². The van der Waals surface area contributed by atoms with Crippen molar-refractivity contribution in [3.63, 3.8) is 0 Å². The topological polar surface area (TPSA) is 38.7 Å². The van der Waals surface area contributed by atoms with E-state index in [0.717, 1.165) is 112 Å². The summed E-state index contributed by atoms with van der Waals surface area (Å²) in [5, 5.41) is 0. The smallest absolute Gasteiger partial charge is 0.305 e. The maximum absolute atomic E-state index is 4.75. The van der Waals surface area contributed by atoms with Crippen molar-refractivity contribution in [2.45, 2.75) is 13.8 Å². The molecule has 0 aliphatic heterocycles. The van der Waals surface area contributed by atoms with Gasteiger partial charge >= 0.3 is 20.1 Å². The summed E-state index contributed by atoms with van der Waals surface area (Å²) >= 11 is 0. The third-order valence-corrected chi connectivity index (χ3v) is 14.0. The van der Waals surface area contributed by atoms with E-state index in [4.69, 9.17) is 4.98 Å². The Labute approximate surface area is 453 Å². The first kappa shape index (κ1) is 48.4. The zero-order valence-corrected chi connectivity index (χ0v) is 43.8. The van der Waals surface area contributed by atoms with Crippen LogP contribution in [0.4, 0.5) is 0 Å². The molecule has 3 heterocycles. The zero-order valence-electron chi connectivity index (χ0n) is 41.4. The number of benzene rings is 9. The second kappa shape index (κ2) is 21.7. The molecule has 0 aliphatic carbocycles. The van der Waals surface area contributed by atoms with Crippen molar-refractivity contribution in [1.82, 2.24) is 15.0 Å². The normalized spacial score (nSPS) is 11.0. The van der Waals surface area contributed by atoms with Crippen LogP contribution in [0.15, 0.2) is 255 Å². The summed E-state index contributed by atoms with van der Waals surface area (Å²) in [6, 6.07) is 94.8. The first-order chi connectivity index (χ1) is 36.5. The molecule has 4 heteroatoms. The van der Waals surface area contributed by atoms with Crippen molar-refractivity contribution in [3.05, 3.63) is 285 Å². The quantitative estimate of drug-likeness (QED) is 0.121. The van der Waals surface area contributed by atoms with Crippen LogP contribution in [0.25, 0.3) is 123 Å². The van der Waals surface area contributed by atoms with Crippen LogP contribution in [0.2, 0.25) is 0 Å². The molecule has 0 radical (unpaired) electrons. The summed E-state index contributed by atoms with van der Waals surface area (Å²) in [4.78, 5) is 14.0. The Hall–Kier alpha value is -8.92. The fourth-order valence-electron chi connectivity index (χ4n) is 9.99. The van der Waals surface area contributed by atoms with Gasteiger partial charge < -0.3 is 15.0 Å². The van der Waals surface area contributed by atoms with Crippen molar-refractivity contribution in [3.8, 4) is 123 Å². The van der Waals surface area contributed by atoms with Crippen molar-refractivity contribution < 1.29 is 20.1 Å². The maximum Gasteiger partial charge on any atom is 3.00 e. The van der Waals surface area contributed by atoms with E-state index in [0.29, 0.717) is 0 Å². The molecule has 0 N–H and O–H groups in total. The summed E-state index contributed by atoms with van der Waals surface area (Å²) in [6.45, 7) is 4.40. The predicted molar refractivity (Wildman–Crippen MR) is 306 cm³/mol. The minimum absolute atomic E-state index is 0. The van der Waals surface area contributed by atoms with E-state index in [-0.39, 0.29) is 20.1 Å². The van der Waals surface area contributed by atoms with Gasteiger partial charge in [0.25, 0.3) is 0 Å². The van der Waals surface area contributed by atoms with E-state index >= 15 is 0 Å². The summed E-state index contributed by atoms with van der Waals surface area (Å²) in [5.74, 6) is 0. The van der Waals surface area contributed by atoms with Gasteiger partial charge in [0.1, 0.15) is 0 Å². The molecule has 0 spiro atoms. The predicted octanol–water partition coefficient (Wildman–Crippen LogP) is 18.2. The maximum atomic E-state index is 4.75. The fraction of sp³-hybridized carbons (Fsp3) is 0.0282. The van der Waals surface area contributed by atoms with Gasteiger partial charge in [0, 0.05) is 18.6 Å². The average Bonchev–Trinajstić information content (AvgIpc) is 3.48. The summed E-state index contributed by atoms with van der Waals surface area (Å²) in [6.07, 6.45) is 5.50. The minimum Gasteiger partial charge on any atom is -0.305 e. The van der Waals surface area contributed by atoms with E-state index < -0.39 is 0 Å². The van der Waals surface area contributed by atoms with E-state index in [2.05, 4.69) is 224 Å². The molecule has 3 nitrogen and oxygen atoms in total. The second-order valence-electron chi connectivity index (χ2n) is 18.6. The van der Waals surface area contributed by atoms with Crippen LogP contribution in [0.1, 0.15) is 11.1 Å². The van der Waals surface area contributed by atoms with Gasteiger partial charge in [-0.3, -0.25) is 0 Å². The summed E-state index contributed by atoms with van der Waals surface area (Å²) < 4.78 is 0. The third kappa shape index (κ3) is 10.1. The van der Waals surface area contributed by atoms with E-state index in [1.54, 1.807) is 0 Å². The van der Waals surface area contributed by atoms with Crippen LogP contribution in [-0.2, 0) is 20.1 Å². The molecule has 356 valence electrons. The van der Waals surface area contributed by atoms with E-state index in [9.17, 15) is 0 Å². The number of pyridine rings is 3. The van der Waals surface area contributed by atoms with Gasteiger partial charge in [0.05, 0.1) is 0 Å². The molecule has 0 atom stereocenters. The number of hydrogen-bond donors (Lipinski definition) is 0. The average molecular weight is 1140 g/mol. The molecule has 0 amide bonds. The van der Waals surface area contributed by atoms with Crippen LogP contribution in [-0.4, -0.2) is 15.0 Å². The number of hydrogen-bond acceptors (Lipinski definition) is 3. The molecule has 0 saturated carbocycles. The summed E-state index contributed by atoms with van der Waals surface area (Å²) in [5.41, 5.74) is 25.8. The Bertz CT molecular complexity index is 3910. The minimum atomic E-state index is 0. The number of rotatable bonds is 11. The second-order valence-corrected chi connectivity index (χ2v) is 18.6. The van der Waals surface area contributed by atoms with Gasteiger partial charge in [-0.2, -0.15) is 0 Å². The van der Waals surface area contributed by atoms with Crippen molar-refractivity contribution in [1.29, 1.82) is 0 Å². The molecular formula is C71H48IrN3. The van der Waals surface area contributed by atoms with Gasteiger partial charge in [0.15, 0.2) is 0 Å². The van der Waals surface area contributed by atoms with Crippen LogP contribution in [0, 0.1) is 32.0 Å². The Morgan fingerprint density at radius 1 is 0.253 bits per heavy atom. The van der Waals surface area contributed by atoms with Gasteiger partial charge in [-0.1, -0.05) is 191 Å². The Morgan fingerprint density at radius 3 is 1.13 bits per heavy atom. The van der Waals surface area contributed by atoms with Crippen molar-refractivity contribution >= 4 is 0 Å². The molecule has 3 aromatic heterocycles. The van der Waals surface area contributed by atoms with Crippen molar-refractivity contribution in [2.24, 2.45) is 0 Å². The molecule has 12 aromatic rings. The molecule has 75 heavy (non-hydrogen) atoms. The Morgan fingerprint density at radius 2 is 0.627 bits per heavy atom. The van der Waals surface area contributed by atoms with Crippen molar-refractivity contribution in [2.75, 3.05) is 0 Å². The Balaban J connectivity index is 0.00000602. The van der Waals surface area contributed by atoms with E-state index in [1.165, 1.54) is 22.3 Å². The number of aromatic nitrogens is 3. The van der Waals surface area contributed by atoms with Crippen LogP contribution in [0.3, 0.4) is 0 Å². The first-order valence-corrected chi connectivity index (χ1v) is 25.0. The fourth-order valence-corrected chi connectivity index (χ4v) is 9.99. The van der Waals surface area contributed by atoms with Gasteiger partial charge in [-0.05, 0) is 129 Å². The van der Waals surface area contributed by atoms with E-state index in [1.807, 2.05) is 73.2 Å². The van der Waals surface area contributed by atoms with Crippen LogP contribution in [0.5, 0.6) is 0 Å². The molecule has 0 aliphatic rings. The van der Waals surface area contributed by atoms with Crippen LogP contribution < -0.4 is 0 Å². The zero-order chi connectivity index (χ0) is 49.8. The number of nitrogens with zero attached hydrogens (tertiary/aromatic N) is 3. The molecule has 0 fully saturated rings. The molecule has 9 aromatic carbocycles. The third-order valence-electron chi connectivity index (χ3n) is 14.0. The summed E-state index contributed by atoms with van der Waals surface area (Å²) in [7, 11) is 0. The number of aryl methyl sites for hydroxylation is 2.